The fraction of sp³-hybridized carbons (Fsp3) is 0.357. The lowest BCUT2D eigenvalue weighted by molar-refractivity contribution is 0.1000. The molecule has 0 saturated carbocycles. The first-order chi connectivity index (χ1) is 10.6. The second-order valence-corrected chi connectivity index (χ2v) is 6.31. The summed E-state index contributed by atoms with van der Waals surface area (Å²) in [6.45, 7) is 4.27. The molecule has 1 amide bonds. The van der Waals surface area contributed by atoms with Crippen molar-refractivity contribution in [1.29, 1.82) is 0 Å². The summed E-state index contributed by atoms with van der Waals surface area (Å²) in [4.78, 5) is 25.5. The molecular formula is C14H18N6OS. The van der Waals surface area contributed by atoms with Crippen LogP contribution in [0.2, 0.25) is 0 Å². The smallest absolute Gasteiger partial charge is 0.252 e. The van der Waals surface area contributed by atoms with Crippen LogP contribution in [-0.4, -0.2) is 47.0 Å². The van der Waals surface area contributed by atoms with Crippen molar-refractivity contribution in [3.05, 3.63) is 35.0 Å². The molecule has 2 aromatic heterocycles. The number of nitrogens with two attached hydrogens (primary N) is 2. The number of nitrogens with zero attached hydrogens (tertiary/aromatic N) is 4. The van der Waals surface area contributed by atoms with Crippen LogP contribution in [0.3, 0.4) is 0 Å². The van der Waals surface area contributed by atoms with Gasteiger partial charge in [0.15, 0.2) is 5.13 Å². The van der Waals surface area contributed by atoms with Gasteiger partial charge in [0.2, 0.25) is 0 Å². The van der Waals surface area contributed by atoms with Crippen LogP contribution in [0.4, 0.5) is 10.9 Å². The minimum atomic E-state index is -0.439. The second-order valence-electron chi connectivity index (χ2n) is 5.17. The van der Waals surface area contributed by atoms with E-state index in [0.29, 0.717) is 16.5 Å². The topological polar surface area (TPSA) is 101 Å². The normalized spacial score (nSPS) is 15.9. The van der Waals surface area contributed by atoms with E-state index in [0.717, 1.165) is 32.7 Å². The van der Waals surface area contributed by atoms with Crippen molar-refractivity contribution in [2.45, 2.75) is 6.54 Å². The van der Waals surface area contributed by atoms with Crippen LogP contribution in [0.5, 0.6) is 0 Å². The summed E-state index contributed by atoms with van der Waals surface area (Å²) in [6.07, 6.45) is 3.52. The van der Waals surface area contributed by atoms with E-state index in [1.54, 1.807) is 18.3 Å². The number of primary amides is 1. The zero-order valence-corrected chi connectivity index (χ0v) is 12.9. The third-order valence-electron chi connectivity index (χ3n) is 3.67. The number of rotatable bonds is 4. The second kappa shape index (κ2) is 6.29. The van der Waals surface area contributed by atoms with Crippen LogP contribution in [0, 0.1) is 0 Å². The number of nitrogen functional groups attached to an aromatic ring is 1. The summed E-state index contributed by atoms with van der Waals surface area (Å²) < 4.78 is 0. The van der Waals surface area contributed by atoms with E-state index in [1.807, 2.05) is 6.20 Å². The zero-order valence-electron chi connectivity index (χ0n) is 12.1. The first-order valence-corrected chi connectivity index (χ1v) is 7.87. The molecule has 7 nitrogen and oxygen atoms in total. The molecule has 1 aliphatic rings. The Balaban J connectivity index is 1.63. The molecule has 4 N–H and O–H groups in total. The summed E-state index contributed by atoms with van der Waals surface area (Å²) in [5, 5.41) is 0.605. The molecule has 2 aromatic rings. The van der Waals surface area contributed by atoms with E-state index in [2.05, 4.69) is 19.8 Å². The maximum absolute atomic E-state index is 11.5. The molecule has 3 rings (SSSR count). The lowest BCUT2D eigenvalue weighted by Gasteiger charge is -2.35. The number of thiazole rings is 1. The number of hydrogen-bond acceptors (Lipinski definition) is 7. The van der Waals surface area contributed by atoms with E-state index in [-0.39, 0.29) is 0 Å². The van der Waals surface area contributed by atoms with Gasteiger partial charge in [-0.05, 0) is 12.1 Å². The number of pyridine rings is 1. The number of amides is 1. The molecule has 116 valence electrons. The van der Waals surface area contributed by atoms with Crippen molar-refractivity contribution in [2.75, 3.05) is 36.8 Å². The molecule has 22 heavy (non-hydrogen) atoms. The summed E-state index contributed by atoms with van der Waals surface area (Å²) in [5.41, 5.74) is 11.6. The van der Waals surface area contributed by atoms with Crippen LogP contribution >= 0.6 is 11.3 Å². The van der Waals surface area contributed by atoms with Gasteiger partial charge in [0.25, 0.3) is 5.91 Å². The molecule has 0 radical (unpaired) electrons. The maximum Gasteiger partial charge on any atom is 0.252 e. The largest absolute Gasteiger partial charge is 0.375 e. The van der Waals surface area contributed by atoms with Crippen LogP contribution < -0.4 is 16.4 Å². The Kier molecular flexibility index (Phi) is 4.21. The van der Waals surface area contributed by atoms with Crippen LogP contribution in [0.25, 0.3) is 0 Å². The van der Waals surface area contributed by atoms with Gasteiger partial charge < -0.3 is 16.4 Å². The standard InChI is InChI=1S/C14H18N6OS/c15-12(21)11-2-1-3-17-13(11)20-6-4-19(5-7-20)9-10-8-18-14(16)22-10/h1-3,8H,4-7,9H2,(H2,15,21)(H2,16,18). The lowest BCUT2D eigenvalue weighted by Crippen LogP contribution is -2.46. The molecular weight excluding hydrogens is 300 g/mol. The molecule has 0 unspecified atom stereocenters. The molecule has 0 aromatic carbocycles. The Labute approximate surface area is 132 Å². The average molecular weight is 318 g/mol. The van der Waals surface area contributed by atoms with Gasteiger partial charge in [-0.2, -0.15) is 0 Å². The van der Waals surface area contributed by atoms with Crippen LogP contribution in [0.1, 0.15) is 15.2 Å². The van der Waals surface area contributed by atoms with Gasteiger partial charge in [0.1, 0.15) is 5.82 Å². The van der Waals surface area contributed by atoms with Crippen molar-refractivity contribution in [3.8, 4) is 0 Å². The highest BCUT2D eigenvalue weighted by Crippen LogP contribution is 2.21. The molecule has 8 heteroatoms. The highest BCUT2D eigenvalue weighted by Gasteiger charge is 2.22. The minimum Gasteiger partial charge on any atom is -0.375 e. The van der Waals surface area contributed by atoms with Crippen molar-refractivity contribution in [2.24, 2.45) is 5.73 Å². The highest BCUT2D eigenvalue weighted by molar-refractivity contribution is 7.15. The monoisotopic (exact) mass is 318 g/mol. The van der Waals surface area contributed by atoms with Crippen molar-refractivity contribution in [1.82, 2.24) is 14.9 Å². The van der Waals surface area contributed by atoms with Crippen molar-refractivity contribution in [3.63, 3.8) is 0 Å². The summed E-state index contributed by atoms with van der Waals surface area (Å²) in [7, 11) is 0. The zero-order chi connectivity index (χ0) is 15.5. The SMILES string of the molecule is NC(=O)c1cccnc1N1CCN(Cc2cnc(N)s2)CC1. The molecule has 0 atom stereocenters. The Morgan fingerprint density at radius 3 is 2.68 bits per heavy atom. The maximum atomic E-state index is 11.5. The van der Waals surface area contributed by atoms with Gasteiger partial charge in [-0.1, -0.05) is 0 Å². The van der Waals surface area contributed by atoms with E-state index in [4.69, 9.17) is 11.5 Å². The Hall–Kier alpha value is -2.19. The summed E-state index contributed by atoms with van der Waals surface area (Å²) in [5.74, 6) is 0.238. The number of carbonyl (C=O) groups is 1. The lowest BCUT2D eigenvalue weighted by atomic mass is 10.2. The predicted molar refractivity (Wildman–Crippen MR) is 86.8 cm³/mol. The van der Waals surface area contributed by atoms with Gasteiger partial charge in [-0.15, -0.1) is 11.3 Å². The van der Waals surface area contributed by atoms with Gasteiger partial charge in [-0.3, -0.25) is 9.69 Å². The number of hydrogen-bond donors (Lipinski definition) is 2. The average Bonchev–Trinajstić information content (AvgIpc) is 2.93. The van der Waals surface area contributed by atoms with Gasteiger partial charge in [0.05, 0.1) is 5.56 Å². The Morgan fingerprint density at radius 1 is 1.27 bits per heavy atom. The molecule has 0 spiro atoms. The Bertz CT molecular complexity index is 665. The summed E-state index contributed by atoms with van der Waals surface area (Å²) >= 11 is 1.52. The van der Waals surface area contributed by atoms with Crippen LogP contribution in [0.15, 0.2) is 24.5 Å². The van der Waals surface area contributed by atoms with Gasteiger partial charge in [0, 0.05) is 50.0 Å². The number of piperazine rings is 1. The number of anilines is 2. The third kappa shape index (κ3) is 3.18. The highest BCUT2D eigenvalue weighted by atomic mass is 32.1. The third-order valence-corrected chi connectivity index (χ3v) is 4.49. The predicted octanol–water partition coefficient (Wildman–Crippen LogP) is 0.541. The molecule has 0 bridgehead atoms. The Morgan fingerprint density at radius 2 is 2.05 bits per heavy atom. The van der Waals surface area contributed by atoms with Crippen molar-refractivity contribution < 1.29 is 4.79 Å². The molecule has 1 fully saturated rings. The molecule has 1 saturated heterocycles. The van der Waals surface area contributed by atoms with Crippen molar-refractivity contribution >= 4 is 28.2 Å². The van der Waals surface area contributed by atoms with E-state index in [1.165, 1.54) is 16.2 Å². The van der Waals surface area contributed by atoms with E-state index < -0.39 is 5.91 Å². The van der Waals surface area contributed by atoms with E-state index in [9.17, 15) is 4.79 Å². The first kappa shape index (κ1) is 14.7. The van der Waals surface area contributed by atoms with Crippen LogP contribution in [-0.2, 0) is 6.54 Å². The minimum absolute atomic E-state index is 0.439. The molecule has 3 heterocycles. The molecule has 1 aliphatic heterocycles. The fourth-order valence-corrected chi connectivity index (χ4v) is 3.30. The first-order valence-electron chi connectivity index (χ1n) is 7.06. The molecule has 0 aliphatic carbocycles. The number of aromatic nitrogens is 2. The van der Waals surface area contributed by atoms with E-state index >= 15 is 0 Å². The fourth-order valence-electron chi connectivity index (χ4n) is 2.58. The summed E-state index contributed by atoms with van der Waals surface area (Å²) in [6, 6.07) is 3.45. The quantitative estimate of drug-likeness (QED) is 0.853. The number of carbonyl (C=O) groups excluding carboxylic acids is 1. The van der Waals surface area contributed by atoms with Gasteiger partial charge >= 0.3 is 0 Å². The van der Waals surface area contributed by atoms with Gasteiger partial charge in [-0.25, -0.2) is 9.97 Å².